The van der Waals surface area contributed by atoms with Crippen LogP contribution in [0.2, 0.25) is 0 Å². The van der Waals surface area contributed by atoms with Gasteiger partial charge in [0.15, 0.2) is 5.56 Å². The van der Waals surface area contributed by atoms with E-state index in [0.29, 0.717) is 5.56 Å². The average Bonchev–Trinajstić information content (AvgIpc) is 3.09. The number of pyridine rings is 1. The molecule has 1 heterocycles. The fraction of sp³-hybridized carbons (Fsp3) is 0.143. The number of aromatic nitrogens is 1. The van der Waals surface area contributed by atoms with Crippen LogP contribution in [-0.4, -0.2) is 26.1 Å². The lowest BCUT2D eigenvalue weighted by molar-refractivity contribution is -0.384. The molecule has 228 valence electrons. The summed E-state index contributed by atoms with van der Waals surface area (Å²) >= 11 is 0. The normalized spacial score (nSPS) is 10.7. The molecule has 2 N–H and O–H groups in total. The van der Waals surface area contributed by atoms with Crippen LogP contribution in [0.5, 0.6) is 11.6 Å². The van der Waals surface area contributed by atoms with E-state index in [1.54, 1.807) is 0 Å². The molecule has 1 aromatic heterocycles. The molecule has 0 atom stereocenters. The zero-order valence-electron chi connectivity index (χ0n) is 24.2. The topological polar surface area (TPSA) is 141 Å². The van der Waals surface area contributed by atoms with Crippen LogP contribution in [-0.2, 0) is 37.8 Å². The number of hydrogen-bond acceptors (Lipinski definition) is 9. The Hall–Kier alpha value is -5.58. The van der Waals surface area contributed by atoms with Crippen molar-refractivity contribution in [3.8, 4) is 22.9 Å². The summed E-state index contributed by atoms with van der Waals surface area (Å²) in [6.07, 6.45) is 0. The first-order valence-corrected chi connectivity index (χ1v) is 14.1. The number of carbonyl (C=O) groups excluding carboxylic acids is 1. The molecule has 0 saturated heterocycles. The highest BCUT2D eigenvalue weighted by Gasteiger charge is 2.30. The predicted octanol–water partition coefficient (Wildman–Crippen LogP) is 6.16. The molecule has 0 amide bonds. The predicted molar refractivity (Wildman–Crippen MR) is 165 cm³/mol. The molecule has 0 aliphatic rings. The van der Waals surface area contributed by atoms with E-state index in [-0.39, 0.29) is 59.5 Å². The highest BCUT2D eigenvalue weighted by Crippen LogP contribution is 2.40. The number of non-ortho nitro benzene ring substituents is 1. The lowest BCUT2D eigenvalue weighted by Crippen LogP contribution is -2.15. The maximum absolute atomic E-state index is 13.8. The second-order valence-electron chi connectivity index (χ2n) is 9.97. The number of nitro groups is 1. The van der Waals surface area contributed by atoms with Crippen molar-refractivity contribution in [1.29, 1.82) is 0 Å². The highest BCUT2D eigenvalue weighted by molar-refractivity contribution is 5.97. The number of nitrogens with zero attached hydrogens (tertiary/aromatic N) is 2. The van der Waals surface area contributed by atoms with E-state index >= 15 is 0 Å². The van der Waals surface area contributed by atoms with E-state index in [1.807, 2.05) is 91.0 Å². The van der Waals surface area contributed by atoms with E-state index in [2.05, 4.69) is 4.98 Å². The van der Waals surface area contributed by atoms with Crippen molar-refractivity contribution >= 4 is 11.7 Å². The Bertz CT molecular complexity index is 1760. The van der Waals surface area contributed by atoms with E-state index in [0.717, 1.165) is 16.7 Å². The molecule has 10 nitrogen and oxygen atoms in total. The number of carbonyl (C=O) groups is 1. The lowest BCUT2D eigenvalue weighted by atomic mass is 9.98. The molecular weight excluding hydrogens is 576 g/mol. The molecule has 45 heavy (non-hydrogen) atoms. The van der Waals surface area contributed by atoms with Crippen molar-refractivity contribution in [1.82, 2.24) is 4.98 Å². The molecule has 4 aromatic carbocycles. The third kappa shape index (κ3) is 7.50. The summed E-state index contributed by atoms with van der Waals surface area (Å²) in [4.78, 5) is 29.4. The Morgan fingerprint density at radius 3 is 1.82 bits per heavy atom. The van der Waals surface area contributed by atoms with Gasteiger partial charge in [0.25, 0.3) is 5.69 Å². The standard InChI is InChI=1S/C35H30N2O8/c38-19-27-18-28(37(41)42)16-17-29(27)32-30(20-39)33(43-21-24-10-4-1-5-11-24)31(35(40)45-23-26-14-8-3-9-15-26)34(36-32)44-22-25-12-6-2-7-13-25/h1-18,38-39H,19-23H2. The molecule has 0 spiro atoms. The van der Waals surface area contributed by atoms with Crippen LogP contribution in [0.1, 0.15) is 38.2 Å². The molecule has 0 aliphatic heterocycles. The van der Waals surface area contributed by atoms with Crippen molar-refractivity contribution in [3.63, 3.8) is 0 Å². The smallest absolute Gasteiger partial charge is 0.347 e. The first-order valence-electron chi connectivity index (χ1n) is 14.1. The Labute approximate surface area is 259 Å². The summed E-state index contributed by atoms with van der Waals surface area (Å²) in [6, 6.07) is 31.6. The van der Waals surface area contributed by atoms with Crippen LogP contribution >= 0.6 is 0 Å². The Kier molecular flexibility index (Phi) is 10.1. The number of hydrogen-bond donors (Lipinski definition) is 2. The number of esters is 1. The zero-order valence-corrected chi connectivity index (χ0v) is 24.2. The molecule has 0 unspecified atom stereocenters. The van der Waals surface area contributed by atoms with Crippen LogP contribution in [0, 0.1) is 10.1 Å². The third-order valence-electron chi connectivity index (χ3n) is 6.96. The maximum atomic E-state index is 13.8. The molecule has 0 aliphatic carbocycles. The molecular formula is C35H30N2O8. The van der Waals surface area contributed by atoms with Gasteiger partial charge >= 0.3 is 5.97 Å². The molecule has 10 heteroatoms. The van der Waals surface area contributed by atoms with Crippen LogP contribution in [0.15, 0.2) is 109 Å². The maximum Gasteiger partial charge on any atom is 0.347 e. The first-order chi connectivity index (χ1) is 22.0. The Morgan fingerprint density at radius 2 is 1.29 bits per heavy atom. The minimum Gasteiger partial charge on any atom is -0.487 e. The number of benzene rings is 4. The van der Waals surface area contributed by atoms with Crippen molar-refractivity contribution in [2.24, 2.45) is 0 Å². The average molecular weight is 607 g/mol. The van der Waals surface area contributed by atoms with E-state index in [1.165, 1.54) is 18.2 Å². The summed E-state index contributed by atoms with van der Waals surface area (Å²) in [6.45, 7) is -1.14. The SMILES string of the molecule is O=C(OCc1ccccc1)c1c(OCc2ccccc2)nc(-c2ccc([N+](=O)[O-])cc2CO)c(CO)c1OCc1ccccc1. The highest BCUT2D eigenvalue weighted by atomic mass is 16.6. The molecule has 0 saturated carbocycles. The van der Waals surface area contributed by atoms with Crippen LogP contribution < -0.4 is 9.47 Å². The van der Waals surface area contributed by atoms with Gasteiger partial charge < -0.3 is 24.4 Å². The van der Waals surface area contributed by atoms with Gasteiger partial charge in [-0.2, -0.15) is 0 Å². The van der Waals surface area contributed by atoms with Crippen LogP contribution in [0.4, 0.5) is 5.69 Å². The lowest BCUT2D eigenvalue weighted by Gasteiger charge is -2.21. The fourth-order valence-electron chi connectivity index (χ4n) is 4.70. The Morgan fingerprint density at radius 1 is 0.733 bits per heavy atom. The molecule has 0 radical (unpaired) electrons. The number of aliphatic hydroxyl groups is 2. The van der Waals surface area contributed by atoms with Crippen LogP contribution in [0.25, 0.3) is 11.3 Å². The second-order valence-corrected chi connectivity index (χ2v) is 9.97. The minimum atomic E-state index is -0.787. The summed E-state index contributed by atoms with van der Waals surface area (Å²) in [5.74, 6) is -0.936. The van der Waals surface area contributed by atoms with Gasteiger partial charge in [-0.1, -0.05) is 91.0 Å². The monoisotopic (exact) mass is 606 g/mol. The van der Waals surface area contributed by atoms with Gasteiger partial charge in [-0.15, -0.1) is 0 Å². The van der Waals surface area contributed by atoms with Crippen molar-refractivity contribution in [2.45, 2.75) is 33.0 Å². The largest absolute Gasteiger partial charge is 0.487 e. The van der Waals surface area contributed by atoms with Crippen molar-refractivity contribution < 1.29 is 34.1 Å². The van der Waals surface area contributed by atoms with E-state index < -0.39 is 24.1 Å². The van der Waals surface area contributed by atoms with E-state index in [4.69, 9.17) is 14.2 Å². The van der Waals surface area contributed by atoms with Gasteiger partial charge in [-0.25, -0.2) is 9.78 Å². The minimum absolute atomic E-state index is 0.0188. The summed E-state index contributed by atoms with van der Waals surface area (Å²) < 4.78 is 18.1. The quantitative estimate of drug-likeness (QED) is 0.0916. The first kappa shape index (κ1) is 30.9. The number of nitro benzene ring substituents is 1. The fourth-order valence-corrected chi connectivity index (χ4v) is 4.70. The zero-order chi connectivity index (χ0) is 31.6. The van der Waals surface area contributed by atoms with Crippen LogP contribution in [0.3, 0.4) is 0 Å². The van der Waals surface area contributed by atoms with Gasteiger partial charge in [0, 0.05) is 23.3 Å². The summed E-state index contributed by atoms with van der Waals surface area (Å²) in [5.41, 5.74) is 2.73. The van der Waals surface area contributed by atoms with Crippen molar-refractivity contribution in [3.05, 3.63) is 153 Å². The van der Waals surface area contributed by atoms with Gasteiger partial charge in [0.05, 0.1) is 23.8 Å². The van der Waals surface area contributed by atoms with Crippen molar-refractivity contribution in [2.75, 3.05) is 0 Å². The van der Waals surface area contributed by atoms with Gasteiger partial charge in [-0.3, -0.25) is 10.1 Å². The van der Waals surface area contributed by atoms with E-state index in [9.17, 15) is 25.1 Å². The molecule has 0 bridgehead atoms. The van der Waals surface area contributed by atoms with Gasteiger partial charge in [0.2, 0.25) is 5.88 Å². The second kappa shape index (κ2) is 14.7. The summed E-state index contributed by atoms with van der Waals surface area (Å²) in [5, 5.41) is 32.3. The number of rotatable bonds is 13. The number of aliphatic hydroxyl groups excluding tert-OH is 2. The van der Waals surface area contributed by atoms with Gasteiger partial charge in [0.1, 0.15) is 25.6 Å². The Balaban J connectivity index is 1.67. The molecule has 5 aromatic rings. The molecule has 5 rings (SSSR count). The summed E-state index contributed by atoms with van der Waals surface area (Å²) in [7, 11) is 0. The number of ether oxygens (including phenoxy) is 3. The molecule has 0 fully saturated rings. The third-order valence-corrected chi connectivity index (χ3v) is 6.96. The van der Waals surface area contributed by atoms with Gasteiger partial charge in [-0.05, 0) is 28.3 Å².